The molecule has 3 heterocycles. The number of rotatable bonds is 4. The monoisotopic (exact) mass is 446 g/mol. The summed E-state index contributed by atoms with van der Waals surface area (Å²) in [5.41, 5.74) is 2.13. The Kier molecular flexibility index (Phi) is 5.67. The third kappa shape index (κ3) is 4.38. The summed E-state index contributed by atoms with van der Waals surface area (Å²) >= 11 is 0. The lowest BCUT2D eigenvalue weighted by atomic mass is 9.61. The average Bonchev–Trinajstić information content (AvgIpc) is 2.76. The maximum atomic E-state index is 12.8. The number of likely N-dealkylation sites (tertiary alicyclic amines) is 1. The zero-order valence-corrected chi connectivity index (χ0v) is 19.2. The Hall–Kier alpha value is -3.18. The van der Waals surface area contributed by atoms with E-state index in [1.807, 2.05) is 17.0 Å². The first-order valence-electron chi connectivity index (χ1n) is 11.7. The smallest absolute Gasteiger partial charge is 0.410 e. The van der Waals surface area contributed by atoms with Crippen LogP contribution in [0.25, 0.3) is 0 Å². The second-order valence-corrected chi connectivity index (χ2v) is 9.94. The molecule has 1 aliphatic carbocycles. The average molecular weight is 447 g/mol. The van der Waals surface area contributed by atoms with Gasteiger partial charge in [-0.25, -0.2) is 14.8 Å². The van der Waals surface area contributed by atoms with Crippen molar-refractivity contribution in [2.45, 2.75) is 51.4 Å². The van der Waals surface area contributed by atoms with Gasteiger partial charge in [0.1, 0.15) is 12.2 Å². The van der Waals surface area contributed by atoms with Crippen LogP contribution in [0.4, 0.5) is 10.7 Å². The molecule has 33 heavy (non-hydrogen) atoms. The Morgan fingerprint density at radius 1 is 1.12 bits per heavy atom. The summed E-state index contributed by atoms with van der Waals surface area (Å²) in [6.45, 7) is 8.43. The third-order valence-electron chi connectivity index (χ3n) is 7.13. The van der Waals surface area contributed by atoms with Gasteiger partial charge in [0.25, 0.3) is 0 Å². The molecule has 1 aromatic heterocycles. The molecule has 8 nitrogen and oxygen atoms in total. The number of ether oxygens (including phenoxy) is 1. The number of aromatic nitrogens is 2. The number of nitrogens with zero attached hydrogens (tertiary/aromatic N) is 6. The number of piperazine rings is 1. The van der Waals surface area contributed by atoms with E-state index in [0.717, 1.165) is 32.5 Å². The zero-order chi connectivity index (χ0) is 23.0. The van der Waals surface area contributed by atoms with Crippen LogP contribution in [-0.4, -0.2) is 70.2 Å². The molecule has 3 aliphatic rings. The van der Waals surface area contributed by atoms with Crippen molar-refractivity contribution in [3.63, 3.8) is 0 Å². The Bertz CT molecular complexity index is 1010. The molecule has 2 aliphatic heterocycles. The molecule has 1 amide bonds. The number of hydrogen-bond acceptors (Lipinski definition) is 7. The van der Waals surface area contributed by atoms with E-state index in [4.69, 9.17) is 10.00 Å². The predicted molar refractivity (Wildman–Crippen MR) is 123 cm³/mol. The number of carbonyl (C=O) groups excluding carboxylic acids is 1. The molecule has 0 N–H and O–H groups in total. The maximum absolute atomic E-state index is 12.8. The normalized spacial score (nSPS) is 24.6. The fraction of sp³-hybridized carbons (Fsp3) is 0.520. The van der Waals surface area contributed by atoms with Gasteiger partial charge in [0.05, 0.1) is 18.0 Å². The van der Waals surface area contributed by atoms with Gasteiger partial charge in [-0.05, 0) is 32.3 Å². The lowest BCUT2D eigenvalue weighted by molar-refractivity contribution is -0.136. The molecule has 0 unspecified atom stereocenters. The highest BCUT2D eigenvalue weighted by Gasteiger charge is 2.53. The summed E-state index contributed by atoms with van der Waals surface area (Å²) in [4.78, 5) is 27.9. The number of nitriles is 1. The number of anilines is 1. The van der Waals surface area contributed by atoms with E-state index >= 15 is 0 Å². The summed E-state index contributed by atoms with van der Waals surface area (Å²) in [6, 6.07) is 12.7. The first-order chi connectivity index (χ1) is 15.9. The maximum Gasteiger partial charge on any atom is 0.410 e. The molecule has 0 bridgehead atoms. The summed E-state index contributed by atoms with van der Waals surface area (Å²) in [7, 11) is 0. The Labute approximate surface area is 194 Å². The van der Waals surface area contributed by atoms with E-state index in [1.54, 1.807) is 0 Å². The highest BCUT2D eigenvalue weighted by molar-refractivity contribution is 5.68. The summed E-state index contributed by atoms with van der Waals surface area (Å²) in [6.07, 6.45) is 4.82. The molecule has 1 saturated carbocycles. The lowest BCUT2D eigenvalue weighted by Gasteiger charge is -2.58. The minimum Gasteiger partial charge on any atom is -0.446 e. The van der Waals surface area contributed by atoms with Crippen molar-refractivity contribution in [3.05, 3.63) is 53.9 Å². The summed E-state index contributed by atoms with van der Waals surface area (Å²) in [5, 5.41) is 8.96. The highest BCUT2D eigenvalue weighted by Crippen LogP contribution is 2.50. The van der Waals surface area contributed by atoms with E-state index in [9.17, 15) is 4.79 Å². The number of benzene rings is 1. The second-order valence-electron chi connectivity index (χ2n) is 9.94. The van der Waals surface area contributed by atoms with Crippen LogP contribution < -0.4 is 4.90 Å². The molecule has 2 atom stereocenters. The van der Waals surface area contributed by atoms with Crippen LogP contribution in [0.15, 0.2) is 42.7 Å². The first-order valence-corrected chi connectivity index (χ1v) is 11.7. The third-order valence-corrected chi connectivity index (χ3v) is 7.13. The van der Waals surface area contributed by atoms with Crippen LogP contribution >= 0.6 is 0 Å². The first kappa shape index (κ1) is 21.7. The zero-order valence-electron chi connectivity index (χ0n) is 19.2. The van der Waals surface area contributed by atoms with Crippen LogP contribution in [0.3, 0.4) is 0 Å². The fourth-order valence-corrected chi connectivity index (χ4v) is 5.70. The molecule has 3 fully saturated rings. The standard InChI is InChI=1S/C25H30N6O2/c1-18-13-30(14-19(2)31(18)23-27-11-21(10-26)12-28-23)24(32)33-22-8-25(9-22)16-29(17-25)15-20-6-4-3-5-7-20/h3-7,11-12,18-19,22H,8-9,13-17H2,1-2H3/t18-,19-/m0/s1. The van der Waals surface area contributed by atoms with Crippen molar-refractivity contribution >= 4 is 12.0 Å². The van der Waals surface area contributed by atoms with Gasteiger partial charge in [0.15, 0.2) is 0 Å². The molecule has 1 spiro atoms. The van der Waals surface area contributed by atoms with E-state index in [2.05, 4.69) is 57.9 Å². The lowest BCUT2D eigenvalue weighted by Crippen LogP contribution is -2.64. The van der Waals surface area contributed by atoms with Gasteiger partial charge in [-0.3, -0.25) is 4.90 Å². The predicted octanol–water partition coefficient (Wildman–Crippen LogP) is 3.05. The van der Waals surface area contributed by atoms with E-state index in [0.29, 0.717) is 30.0 Å². The molecule has 172 valence electrons. The van der Waals surface area contributed by atoms with Gasteiger partial charge in [0.2, 0.25) is 5.95 Å². The summed E-state index contributed by atoms with van der Waals surface area (Å²) in [5.74, 6) is 0.591. The van der Waals surface area contributed by atoms with Gasteiger partial charge in [-0.2, -0.15) is 5.26 Å². The minimum atomic E-state index is -0.214. The molecular weight excluding hydrogens is 416 g/mol. The van der Waals surface area contributed by atoms with Crippen molar-refractivity contribution in [2.24, 2.45) is 5.41 Å². The van der Waals surface area contributed by atoms with Crippen LogP contribution in [0, 0.1) is 16.7 Å². The molecular formula is C25H30N6O2. The van der Waals surface area contributed by atoms with Crippen molar-refractivity contribution in [2.75, 3.05) is 31.1 Å². The van der Waals surface area contributed by atoms with Gasteiger partial charge in [0, 0.05) is 50.2 Å². The Morgan fingerprint density at radius 3 is 2.36 bits per heavy atom. The van der Waals surface area contributed by atoms with Gasteiger partial charge < -0.3 is 14.5 Å². The molecule has 5 rings (SSSR count). The van der Waals surface area contributed by atoms with Gasteiger partial charge >= 0.3 is 6.09 Å². The number of amides is 1. The van der Waals surface area contributed by atoms with Crippen molar-refractivity contribution in [3.8, 4) is 6.07 Å². The van der Waals surface area contributed by atoms with Crippen LogP contribution in [0.5, 0.6) is 0 Å². The minimum absolute atomic E-state index is 0.0295. The van der Waals surface area contributed by atoms with E-state index < -0.39 is 0 Å². The van der Waals surface area contributed by atoms with E-state index in [1.165, 1.54) is 18.0 Å². The van der Waals surface area contributed by atoms with Crippen LogP contribution in [0.1, 0.15) is 37.8 Å². The molecule has 2 aromatic rings. The fourth-order valence-electron chi connectivity index (χ4n) is 5.70. The van der Waals surface area contributed by atoms with Crippen molar-refractivity contribution < 1.29 is 9.53 Å². The topological polar surface area (TPSA) is 85.6 Å². The van der Waals surface area contributed by atoms with E-state index in [-0.39, 0.29) is 24.3 Å². The SMILES string of the molecule is C[C@H]1CN(C(=O)OC2CC3(C2)CN(Cc2ccccc2)C3)C[C@H](C)N1c1ncc(C#N)cn1. The van der Waals surface area contributed by atoms with Crippen molar-refractivity contribution in [1.82, 2.24) is 19.8 Å². The highest BCUT2D eigenvalue weighted by atomic mass is 16.6. The van der Waals surface area contributed by atoms with Crippen LogP contribution in [-0.2, 0) is 11.3 Å². The molecule has 8 heteroatoms. The largest absolute Gasteiger partial charge is 0.446 e. The number of carbonyl (C=O) groups is 1. The number of hydrogen-bond donors (Lipinski definition) is 0. The van der Waals surface area contributed by atoms with Gasteiger partial charge in [-0.15, -0.1) is 0 Å². The molecule has 1 aromatic carbocycles. The molecule has 0 radical (unpaired) electrons. The summed E-state index contributed by atoms with van der Waals surface area (Å²) < 4.78 is 5.86. The van der Waals surface area contributed by atoms with Crippen molar-refractivity contribution in [1.29, 1.82) is 5.26 Å². The second kappa shape index (κ2) is 8.64. The Morgan fingerprint density at radius 2 is 1.76 bits per heavy atom. The quantitative estimate of drug-likeness (QED) is 0.713. The van der Waals surface area contributed by atoms with Crippen LogP contribution in [0.2, 0.25) is 0 Å². The Balaban J connectivity index is 1.08. The molecule has 2 saturated heterocycles. The van der Waals surface area contributed by atoms with Gasteiger partial charge in [-0.1, -0.05) is 30.3 Å².